The molecule has 0 aliphatic rings. The Morgan fingerprint density at radius 3 is 2.61 bits per heavy atom. The van der Waals surface area contributed by atoms with E-state index in [1.54, 1.807) is 32.3 Å². The van der Waals surface area contributed by atoms with Gasteiger partial charge in [0.25, 0.3) is 0 Å². The zero-order valence-electron chi connectivity index (χ0n) is 13.7. The molecule has 0 atom stereocenters. The Balaban J connectivity index is 2.45. The summed E-state index contributed by atoms with van der Waals surface area (Å²) in [7, 11) is 0. The molecule has 0 spiro atoms. The minimum absolute atomic E-state index is 0.000511. The van der Waals surface area contributed by atoms with Crippen LogP contribution in [0.25, 0.3) is 10.2 Å². The summed E-state index contributed by atoms with van der Waals surface area (Å²) in [6.45, 7) is 7.38. The average Bonchev–Trinajstić information content (AvgIpc) is 2.75. The highest BCUT2D eigenvalue weighted by Crippen LogP contribution is 2.17. The molecule has 0 saturated carbocycles. The Morgan fingerprint density at radius 1 is 1.26 bits per heavy atom. The highest BCUT2D eigenvalue weighted by Gasteiger charge is 2.17. The third-order valence-corrected chi connectivity index (χ3v) is 3.82. The zero-order chi connectivity index (χ0) is 17.0. The molecular formula is C16H20N2O4S. The molecule has 1 amide bonds. The Kier molecular flexibility index (Phi) is 5.20. The van der Waals surface area contributed by atoms with E-state index in [9.17, 15) is 9.59 Å². The summed E-state index contributed by atoms with van der Waals surface area (Å²) in [5.41, 5.74) is 0.205. The van der Waals surface area contributed by atoms with Crippen molar-refractivity contribution >= 4 is 33.6 Å². The van der Waals surface area contributed by atoms with Gasteiger partial charge in [0.15, 0.2) is 4.80 Å². The number of rotatable bonds is 3. The van der Waals surface area contributed by atoms with E-state index in [2.05, 4.69) is 4.99 Å². The van der Waals surface area contributed by atoms with Gasteiger partial charge in [-0.25, -0.2) is 4.79 Å². The summed E-state index contributed by atoms with van der Waals surface area (Å²) in [5.74, 6) is -0.373. The van der Waals surface area contributed by atoms with E-state index in [0.29, 0.717) is 11.4 Å². The molecule has 0 N–H and O–H groups in total. The van der Waals surface area contributed by atoms with Crippen molar-refractivity contribution in [2.75, 3.05) is 6.61 Å². The van der Waals surface area contributed by atoms with Crippen LogP contribution in [-0.4, -0.2) is 28.8 Å². The van der Waals surface area contributed by atoms with Crippen LogP contribution in [0.1, 0.15) is 27.7 Å². The zero-order valence-corrected chi connectivity index (χ0v) is 14.5. The van der Waals surface area contributed by atoms with Crippen LogP contribution >= 0.6 is 11.3 Å². The largest absolute Gasteiger partial charge is 0.465 e. The minimum Gasteiger partial charge on any atom is -0.465 e. The summed E-state index contributed by atoms with van der Waals surface area (Å²) in [4.78, 5) is 28.2. The maximum absolute atomic E-state index is 12.0. The first kappa shape index (κ1) is 17.2. The van der Waals surface area contributed by atoms with Crippen LogP contribution in [0.4, 0.5) is 4.79 Å². The third-order valence-electron chi connectivity index (χ3n) is 2.76. The lowest BCUT2D eigenvalue weighted by Gasteiger charge is -2.17. The highest BCUT2D eigenvalue weighted by atomic mass is 32.1. The lowest BCUT2D eigenvalue weighted by molar-refractivity contribution is -0.143. The molecule has 0 saturated heterocycles. The summed E-state index contributed by atoms with van der Waals surface area (Å²) < 4.78 is 12.8. The SMILES string of the molecule is CCOC(=O)Cn1c(=NC(=O)OC(C)(C)C)sc2ccccc21. The molecule has 2 aromatic rings. The Hall–Kier alpha value is -2.15. The van der Waals surface area contributed by atoms with Crippen LogP contribution in [0.2, 0.25) is 0 Å². The number of hydrogen-bond acceptors (Lipinski definition) is 5. The lowest BCUT2D eigenvalue weighted by atomic mass is 10.2. The molecule has 1 aromatic heterocycles. The second-order valence-electron chi connectivity index (χ2n) is 5.84. The van der Waals surface area contributed by atoms with E-state index in [0.717, 1.165) is 10.2 Å². The average molecular weight is 336 g/mol. The number of esters is 1. The smallest absolute Gasteiger partial charge is 0.436 e. The van der Waals surface area contributed by atoms with Crippen molar-refractivity contribution in [3.05, 3.63) is 29.1 Å². The predicted molar refractivity (Wildman–Crippen MR) is 88.2 cm³/mol. The lowest BCUT2D eigenvalue weighted by Crippen LogP contribution is -2.26. The first-order valence-electron chi connectivity index (χ1n) is 7.32. The number of carbonyl (C=O) groups excluding carboxylic acids is 2. The fourth-order valence-corrected chi connectivity index (χ4v) is 2.98. The van der Waals surface area contributed by atoms with Gasteiger partial charge in [-0.3, -0.25) is 4.79 Å². The van der Waals surface area contributed by atoms with Gasteiger partial charge < -0.3 is 14.0 Å². The maximum atomic E-state index is 12.0. The molecule has 1 heterocycles. The van der Waals surface area contributed by atoms with Gasteiger partial charge in [0.1, 0.15) is 12.1 Å². The van der Waals surface area contributed by atoms with Crippen LogP contribution in [-0.2, 0) is 20.8 Å². The van der Waals surface area contributed by atoms with Crippen molar-refractivity contribution < 1.29 is 19.1 Å². The number of benzene rings is 1. The van der Waals surface area contributed by atoms with Gasteiger partial charge in [-0.05, 0) is 39.8 Å². The molecule has 23 heavy (non-hydrogen) atoms. The molecular weight excluding hydrogens is 316 g/mol. The molecule has 7 heteroatoms. The third kappa shape index (κ3) is 4.66. The van der Waals surface area contributed by atoms with Gasteiger partial charge in [-0.2, -0.15) is 0 Å². The Morgan fingerprint density at radius 2 is 1.96 bits per heavy atom. The van der Waals surface area contributed by atoms with Crippen LogP contribution in [0.5, 0.6) is 0 Å². The first-order valence-corrected chi connectivity index (χ1v) is 8.13. The van der Waals surface area contributed by atoms with Gasteiger partial charge in [0.05, 0.1) is 16.8 Å². The van der Waals surface area contributed by atoms with E-state index in [4.69, 9.17) is 9.47 Å². The normalized spacial score (nSPS) is 12.4. The van der Waals surface area contributed by atoms with E-state index in [1.165, 1.54) is 11.3 Å². The molecule has 0 aliphatic heterocycles. The van der Waals surface area contributed by atoms with E-state index >= 15 is 0 Å². The number of amides is 1. The van der Waals surface area contributed by atoms with Crippen LogP contribution in [0, 0.1) is 0 Å². The molecule has 1 aromatic carbocycles. The molecule has 0 bridgehead atoms. The number of para-hydroxylation sites is 1. The number of fused-ring (bicyclic) bond motifs is 1. The van der Waals surface area contributed by atoms with E-state index < -0.39 is 11.7 Å². The van der Waals surface area contributed by atoms with Crippen molar-refractivity contribution in [1.82, 2.24) is 4.57 Å². The monoisotopic (exact) mass is 336 g/mol. The molecule has 0 radical (unpaired) electrons. The van der Waals surface area contributed by atoms with E-state index in [-0.39, 0.29) is 12.5 Å². The number of carbonyl (C=O) groups is 2. The number of hydrogen-bond donors (Lipinski definition) is 0. The van der Waals surface area contributed by atoms with Gasteiger partial charge in [0, 0.05) is 0 Å². The Labute approximate surface area is 138 Å². The van der Waals surface area contributed by atoms with Crippen molar-refractivity contribution in [2.45, 2.75) is 39.8 Å². The van der Waals surface area contributed by atoms with Crippen LogP contribution in [0.3, 0.4) is 0 Å². The second kappa shape index (κ2) is 6.95. The molecule has 2 rings (SSSR count). The number of ether oxygens (including phenoxy) is 2. The summed E-state index contributed by atoms with van der Waals surface area (Å²) in [5, 5.41) is 0. The Bertz CT molecular complexity index is 783. The molecule has 0 fully saturated rings. The molecule has 0 unspecified atom stereocenters. The van der Waals surface area contributed by atoms with Crippen molar-refractivity contribution in [3.63, 3.8) is 0 Å². The van der Waals surface area contributed by atoms with Crippen LogP contribution < -0.4 is 4.80 Å². The van der Waals surface area contributed by atoms with Gasteiger partial charge in [-0.1, -0.05) is 23.5 Å². The topological polar surface area (TPSA) is 69.9 Å². The predicted octanol–water partition coefficient (Wildman–Crippen LogP) is 3.10. The van der Waals surface area contributed by atoms with Crippen molar-refractivity contribution in [2.24, 2.45) is 4.99 Å². The minimum atomic E-state index is -0.679. The summed E-state index contributed by atoms with van der Waals surface area (Å²) in [6.07, 6.45) is -0.679. The number of aromatic nitrogens is 1. The summed E-state index contributed by atoms with van der Waals surface area (Å²) in [6, 6.07) is 7.55. The molecule has 124 valence electrons. The fraction of sp³-hybridized carbons (Fsp3) is 0.438. The van der Waals surface area contributed by atoms with Gasteiger partial charge in [0.2, 0.25) is 0 Å². The quantitative estimate of drug-likeness (QED) is 0.808. The van der Waals surface area contributed by atoms with Gasteiger partial charge in [-0.15, -0.1) is 4.99 Å². The van der Waals surface area contributed by atoms with Crippen molar-refractivity contribution in [1.29, 1.82) is 0 Å². The maximum Gasteiger partial charge on any atom is 0.436 e. The number of nitrogens with zero attached hydrogens (tertiary/aromatic N) is 2. The summed E-state index contributed by atoms with van der Waals surface area (Å²) >= 11 is 1.33. The standard InChI is InChI=1S/C16H20N2O4S/c1-5-21-13(19)10-18-11-8-6-7-9-12(11)23-14(18)17-15(20)22-16(2,3)4/h6-9H,5,10H2,1-4H3. The molecule has 0 aliphatic carbocycles. The van der Waals surface area contributed by atoms with E-state index in [1.807, 2.05) is 24.3 Å². The van der Waals surface area contributed by atoms with Crippen LogP contribution in [0.15, 0.2) is 29.3 Å². The fourth-order valence-electron chi connectivity index (χ4n) is 1.96. The molecule has 6 nitrogen and oxygen atoms in total. The first-order chi connectivity index (χ1) is 10.8. The number of thiazole rings is 1. The second-order valence-corrected chi connectivity index (χ2v) is 6.84. The van der Waals surface area contributed by atoms with Gasteiger partial charge >= 0.3 is 12.1 Å². The van der Waals surface area contributed by atoms with Crippen molar-refractivity contribution in [3.8, 4) is 0 Å². The highest BCUT2D eigenvalue weighted by molar-refractivity contribution is 7.16.